The quantitative estimate of drug-likeness (QED) is 0.663. The van der Waals surface area contributed by atoms with Crippen molar-refractivity contribution in [3.63, 3.8) is 0 Å². The van der Waals surface area contributed by atoms with Crippen molar-refractivity contribution in [2.45, 2.75) is 24.9 Å². The van der Waals surface area contributed by atoms with Gasteiger partial charge >= 0.3 is 0 Å². The van der Waals surface area contributed by atoms with E-state index in [9.17, 15) is 0 Å². The Morgan fingerprint density at radius 3 is 2.69 bits per heavy atom. The Hall–Kier alpha value is -0.120. The fraction of sp³-hybridized carbons (Fsp3) is 1.00. The molecule has 2 heterocycles. The standard InChI is InChI=1S/C10H21N3/c1-12(2)8-9-4-3-5-13(9)10-6-11-7-10/h9-11H,3-8H2,1-2H3. The summed E-state index contributed by atoms with van der Waals surface area (Å²) in [4.78, 5) is 5.02. The molecule has 0 aromatic carbocycles. The Balaban J connectivity index is 1.85. The predicted molar refractivity (Wildman–Crippen MR) is 54.9 cm³/mol. The van der Waals surface area contributed by atoms with E-state index >= 15 is 0 Å². The average Bonchev–Trinajstić information content (AvgIpc) is 2.32. The molecule has 76 valence electrons. The highest BCUT2D eigenvalue weighted by Gasteiger charge is 2.33. The van der Waals surface area contributed by atoms with Gasteiger partial charge in [0.25, 0.3) is 0 Å². The Kier molecular flexibility index (Phi) is 2.86. The second-order valence-corrected chi connectivity index (χ2v) is 4.61. The van der Waals surface area contributed by atoms with E-state index in [4.69, 9.17) is 0 Å². The molecule has 0 saturated carbocycles. The first-order valence-electron chi connectivity index (χ1n) is 5.38. The maximum absolute atomic E-state index is 3.36. The number of hydrogen-bond acceptors (Lipinski definition) is 3. The lowest BCUT2D eigenvalue weighted by Crippen LogP contribution is -2.59. The van der Waals surface area contributed by atoms with Gasteiger partial charge in [0, 0.05) is 31.7 Å². The molecule has 1 unspecified atom stereocenters. The first-order chi connectivity index (χ1) is 6.27. The molecule has 0 aromatic heterocycles. The smallest absolute Gasteiger partial charge is 0.0348 e. The molecule has 2 saturated heterocycles. The summed E-state index contributed by atoms with van der Waals surface area (Å²) in [6.07, 6.45) is 2.80. The van der Waals surface area contributed by atoms with Gasteiger partial charge in [-0.15, -0.1) is 0 Å². The van der Waals surface area contributed by atoms with E-state index in [0.717, 1.165) is 12.1 Å². The third-order valence-corrected chi connectivity index (χ3v) is 3.23. The minimum atomic E-state index is 0.821. The summed E-state index contributed by atoms with van der Waals surface area (Å²) in [6.45, 7) is 4.98. The van der Waals surface area contributed by atoms with E-state index in [0.29, 0.717) is 0 Å². The first-order valence-corrected chi connectivity index (χ1v) is 5.38. The lowest BCUT2D eigenvalue weighted by Gasteiger charge is -2.40. The number of likely N-dealkylation sites (tertiary alicyclic amines) is 1. The molecular weight excluding hydrogens is 162 g/mol. The van der Waals surface area contributed by atoms with Gasteiger partial charge in [-0.05, 0) is 33.5 Å². The van der Waals surface area contributed by atoms with Gasteiger partial charge < -0.3 is 10.2 Å². The number of nitrogens with one attached hydrogen (secondary N) is 1. The number of rotatable bonds is 3. The lowest BCUT2D eigenvalue weighted by molar-refractivity contribution is 0.114. The van der Waals surface area contributed by atoms with Gasteiger partial charge in [-0.1, -0.05) is 0 Å². The number of nitrogens with zero attached hydrogens (tertiary/aromatic N) is 2. The van der Waals surface area contributed by atoms with Crippen molar-refractivity contribution in [1.29, 1.82) is 0 Å². The zero-order chi connectivity index (χ0) is 9.26. The maximum atomic E-state index is 3.36. The molecule has 0 bridgehead atoms. The predicted octanol–water partition coefficient (Wildman–Crippen LogP) is -0.0158. The van der Waals surface area contributed by atoms with Crippen molar-refractivity contribution in [3.05, 3.63) is 0 Å². The third kappa shape index (κ3) is 2.03. The Labute approximate surface area is 81.1 Å². The minimum Gasteiger partial charge on any atom is -0.314 e. The number of hydrogen-bond donors (Lipinski definition) is 1. The third-order valence-electron chi connectivity index (χ3n) is 3.23. The normalized spacial score (nSPS) is 31.2. The molecule has 3 nitrogen and oxygen atoms in total. The highest BCUT2D eigenvalue weighted by molar-refractivity contribution is 4.92. The zero-order valence-corrected chi connectivity index (χ0v) is 8.79. The van der Waals surface area contributed by atoms with Crippen molar-refractivity contribution in [2.24, 2.45) is 0 Å². The molecule has 1 atom stereocenters. The summed E-state index contributed by atoms with van der Waals surface area (Å²) in [5, 5.41) is 3.36. The molecule has 13 heavy (non-hydrogen) atoms. The van der Waals surface area contributed by atoms with Gasteiger partial charge in [0.2, 0.25) is 0 Å². The molecule has 1 N–H and O–H groups in total. The van der Waals surface area contributed by atoms with E-state index in [1.807, 2.05) is 0 Å². The fourth-order valence-corrected chi connectivity index (χ4v) is 2.46. The fourth-order valence-electron chi connectivity index (χ4n) is 2.46. The molecular formula is C10H21N3. The highest BCUT2D eigenvalue weighted by atomic mass is 15.3. The van der Waals surface area contributed by atoms with Crippen LogP contribution >= 0.6 is 0 Å². The van der Waals surface area contributed by atoms with Gasteiger partial charge in [-0.3, -0.25) is 4.90 Å². The van der Waals surface area contributed by atoms with Crippen LogP contribution in [0.2, 0.25) is 0 Å². The summed E-state index contributed by atoms with van der Waals surface area (Å²) in [7, 11) is 4.35. The molecule has 0 spiro atoms. The van der Waals surface area contributed by atoms with Gasteiger partial charge in [0.15, 0.2) is 0 Å². The van der Waals surface area contributed by atoms with Crippen LogP contribution in [0.5, 0.6) is 0 Å². The van der Waals surface area contributed by atoms with Crippen LogP contribution in [0.4, 0.5) is 0 Å². The van der Waals surface area contributed by atoms with Gasteiger partial charge in [0.05, 0.1) is 0 Å². The SMILES string of the molecule is CN(C)CC1CCCN1C1CNC1. The van der Waals surface area contributed by atoms with Crippen LogP contribution in [0.3, 0.4) is 0 Å². The van der Waals surface area contributed by atoms with Crippen molar-refractivity contribution in [3.8, 4) is 0 Å². The Morgan fingerprint density at radius 1 is 1.38 bits per heavy atom. The zero-order valence-electron chi connectivity index (χ0n) is 8.79. The van der Waals surface area contributed by atoms with E-state index in [1.165, 1.54) is 39.0 Å². The van der Waals surface area contributed by atoms with Crippen molar-refractivity contribution in [2.75, 3.05) is 40.3 Å². The van der Waals surface area contributed by atoms with Crippen LogP contribution in [-0.2, 0) is 0 Å². The van der Waals surface area contributed by atoms with Crippen LogP contribution in [0.15, 0.2) is 0 Å². The molecule has 2 fully saturated rings. The molecule has 0 aromatic rings. The summed E-state index contributed by atoms with van der Waals surface area (Å²) in [6, 6.07) is 1.66. The molecule has 0 amide bonds. The summed E-state index contributed by atoms with van der Waals surface area (Å²) >= 11 is 0. The lowest BCUT2D eigenvalue weighted by atomic mass is 10.1. The largest absolute Gasteiger partial charge is 0.314 e. The Bertz CT molecular complexity index is 166. The maximum Gasteiger partial charge on any atom is 0.0348 e. The van der Waals surface area contributed by atoms with Crippen LogP contribution < -0.4 is 5.32 Å². The molecule has 0 radical (unpaired) electrons. The van der Waals surface area contributed by atoms with Crippen LogP contribution in [0, 0.1) is 0 Å². The second kappa shape index (κ2) is 3.95. The topological polar surface area (TPSA) is 18.5 Å². The van der Waals surface area contributed by atoms with Crippen molar-refractivity contribution < 1.29 is 0 Å². The molecule has 2 aliphatic heterocycles. The van der Waals surface area contributed by atoms with Crippen LogP contribution in [0.25, 0.3) is 0 Å². The molecule has 0 aliphatic carbocycles. The van der Waals surface area contributed by atoms with Gasteiger partial charge in [0.1, 0.15) is 0 Å². The average molecular weight is 183 g/mol. The van der Waals surface area contributed by atoms with E-state index in [2.05, 4.69) is 29.2 Å². The molecule has 3 heteroatoms. The van der Waals surface area contributed by atoms with Gasteiger partial charge in [-0.25, -0.2) is 0 Å². The summed E-state index contributed by atoms with van der Waals surface area (Å²) < 4.78 is 0. The summed E-state index contributed by atoms with van der Waals surface area (Å²) in [5.41, 5.74) is 0. The molecule has 2 rings (SSSR count). The van der Waals surface area contributed by atoms with Crippen molar-refractivity contribution in [1.82, 2.24) is 15.1 Å². The van der Waals surface area contributed by atoms with E-state index in [1.54, 1.807) is 0 Å². The highest BCUT2D eigenvalue weighted by Crippen LogP contribution is 2.21. The van der Waals surface area contributed by atoms with Crippen LogP contribution in [0.1, 0.15) is 12.8 Å². The van der Waals surface area contributed by atoms with E-state index < -0.39 is 0 Å². The summed E-state index contributed by atoms with van der Waals surface area (Å²) in [5.74, 6) is 0. The Morgan fingerprint density at radius 2 is 2.15 bits per heavy atom. The van der Waals surface area contributed by atoms with Crippen molar-refractivity contribution >= 4 is 0 Å². The minimum absolute atomic E-state index is 0.821. The monoisotopic (exact) mass is 183 g/mol. The first kappa shape index (κ1) is 9.44. The second-order valence-electron chi connectivity index (χ2n) is 4.61. The van der Waals surface area contributed by atoms with Gasteiger partial charge in [-0.2, -0.15) is 0 Å². The van der Waals surface area contributed by atoms with Crippen LogP contribution in [-0.4, -0.2) is 62.2 Å². The molecule has 2 aliphatic rings. The number of likely N-dealkylation sites (N-methyl/N-ethyl adjacent to an activating group) is 1. The van der Waals surface area contributed by atoms with E-state index in [-0.39, 0.29) is 0 Å².